The summed E-state index contributed by atoms with van der Waals surface area (Å²) in [7, 11) is 0. The molecule has 3 aromatic carbocycles. The van der Waals surface area contributed by atoms with Crippen LogP contribution in [0.15, 0.2) is 66.7 Å². The Morgan fingerprint density at radius 1 is 0.935 bits per heavy atom. The van der Waals surface area contributed by atoms with Crippen molar-refractivity contribution in [3.05, 3.63) is 77.9 Å². The van der Waals surface area contributed by atoms with Gasteiger partial charge in [-0.25, -0.2) is 0 Å². The molecule has 0 saturated carbocycles. The van der Waals surface area contributed by atoms with Gasteiger partial charge >= 0.3 is 0 Å². The Kier molecular flexibility index (Phi) is 6.33. The van der Waals surface area contributed by atoms with E-state index >= 15 is 0 Å². The molecule has 4 rings (SSSR count). The van der Waals surface area contributed by atoms with Gasteiger partial charge in [0.25, 0.3) is 5.91 Å². The van der Waals surface area contributed by atoms with Crippen LogP contribution in [0.1, 0.15) is 29.8 Å². The maximum Gasteiger partial charge on any atom is 0.263 e. The maximum absolute atomic E-state index is 12.9. The van der Waals surface area contributed by atoms with Crippen LogP contribution in [-0.4, -0.2) is 53.8 Å². The summed E-state index contributed by atoms with van der Waals surface area (Å²) in [6.45, 7) is 7.21. The van der Waals surface area contributed by atoms with Crippen molar-refractivity contribution in [1.29, 1.82) is 0 Å². The zero-order valence-corrected chi connectivity index (χ0v) is 18.1. The fourth-order valence-corrected chi connectivity index (χ4v) is 4.10. The third kappa shape index (κ3) is 4.94. The number of ether oxygens (including phenoxy) is 1. The molecule has 5 heteroatoms. The molecule has 0 aromatic heterocycles. The van der Waals surface area contributed by atoms with Gasteiger partial charge in [0.05, 0.1) is 0 Å². The number of hydrogen-bond donors (Lipinski definition) is 0. The lowest BCUT2D eigenvalue weighted by molar-refractivity contribution is -0.139. The third-order valence-corrected chi connectivity index (χ3v) is 5.86. The zero-order chi connectivity index (χ0) is 21.8. The Hall–Kier alpha value is -3.18. The van der Waals surface area contributed by atoms with Crippen LogP contribution in [0.5, 0.6) is 5.75 Å². The Morgan fingerprint density at radius 2 is 1.65 bits per heavy atom. The Bertz CT molecular complexity index is 1080. The molecule has 1 aliphatic heterocycles. The van der Waals surface area contributed by atoms with Crippen molar-refractivity contribution in [2.45, 2.75) is 26.5 Å². The minimum absolute atomic E-state index is 0.0157. The van der Waals surface area contributed by atoms with Crippen LogP contribution in [-0.2, 0) is 11.3 Å². The second-order valence-corrected chi connectivity index (χ2v) is 8.08. The minimum atomic E-state index is -0.591. The first kappa shape index (κ1) is 21.1. The summed E-state index contributed by atoms with van der Waals surface area (Å²) >= 11 is 0. The molecule has 1 amide bonds. The number of nitrogens with zero attached hydrogens (tertiary/aromatic N) is 2. The van der Waals surface area contributed by atoms with E-state index in [4.69, 9.17) is 4.74 Å². The highest BCUT2D eigenvalue weighted by Crippen LogP contribution is 2.21. The molecule has 1 unspecified atom stereocenters. The molecule has 160 valence electrons. The standard InChI is InChI=1S/C26H28N2O3/c1-19(29)22-9-6-11-24(17-22)31-20(2)26(30)28-15-13-27(14-16-28)18-23-10-5-8-21-7-3-4-12-25(21)23/h3-12,17,20H,13-16,18H2,1-2H3. The van der Waals surface area contributed by atoms with Crippen LogP contribution in [0.2, 0.25) is 0 Å². The van der Waals surface area contributed by atoms with Gasteiger partial charge in [0.1, 0.15) is 5.75 Å². The monoisotopic (exact) mass is 416 g/mol. The molecule has 1 aliphatic rings. The third-order valence-electron chi connectivity index (χ3n) is 5.86. The van der Waals surface area contributed by atoms with Gasteiger partial charge < -0.3 is 9.64 Å². The average molecular weight is 417 g/mol. The highest BCUT2D eigenvalue weighted by atomic mass is 16.5. The molecule has 1 heterocycles. The highest BCUT2D eigenvalue weighted by molar-refractivity contribution is 5.94. The number of amides is 1. The lowest BCUT2D eigenvalue weighted by Crippen LogP contribution is -2.51. The number of hydrogen-bond acceptors (Lipinski definition) is 4. The summed E-state index contributed by atoms with van der Waals surface area (Å²) in [6.07, 6.45) is -0.591. The summed E-state index contributed by atoms with van der Waals surface area (Å²) in [5.74, 6) is 0.507. The van der Waals surface area contributed by atoms with Crippen LogP contribution in [0.25, 0.3) is 10.8 Å². The molecule has 0 radical (unpaired) electrons. The van der Waals surface area contributed by atoms with Crippen molar-refractivity contribution in [1.82, 2.24) is 9.80 Å². The molecule has 3 aromatic rings. The molecule has 31 heavy (non-hydrogen) atoms. The number of carbonyl (C=O) groups excluding carboxylic acids is 2. The Labute approximate surface area is 183 Å². The van der Waals surface area contributed by atoms with Gasteiger partial charge in [-0.2, -0.15) is 0 Å². The van der Waals surface area contributed by atoms with Crippen LogP contribution in [0, 0.1) is 0 Å². The number of piperazine rings is 1. The Morgan fingerprint density at radius 3 is 2.42 bits per heavy atom. The molecule has 5 nitrogen and oxygen atoms in total. The summed E-state index contributed by atoms with van der Waals surface area (Å²) in [4.78, 5) is 28.7. The average Bonchev–Trinajstić information content (AvgIpc) is 2.79. The molecule has 0 spiro atoms. The van der Waals surface area contributed by atoms with Crippen LogP contribution in [0.4, 0.5) is 0 Å². The van der Waals surface area contributed by atoms with E-state index in [0.29, 0.717) is 24.4 Å². The molecule has 1 atom stereocenters. The van der Waals surface area contributed by atoms with Crippen molar-refractivity contribution in [2.75, 3.05) is 26.2 Å². The molecule has 0 aliphatic carbocycles. The molecular formula is C26H28N2O3. The van der Waals surface area contributed by atoms with Crippen molar-refractivity contribution in [2.24, 2.45) is 0 Å². The number of fused-ring (bicyclic) bond motifs is 1. The van der Waals surface area contributed by atoms with Gasteiger partial charge in [-0.1, -0.05) is 54.6 Å². The maximum atomic E-state index is 12.9. The SMILES string of the molecule is CC(=O)c1cccc(OC(C)C(=O)N2CCN(Cc3cccc4ccccc34)CC2)c1. The van der Waals surface area contributed by atoms with E-state index in [1.54, 1.807) is 31.2 Å². The van der Waals surface area contributed by atoms with Crippen molar-refractivity contribution in [3.8, 4) is 5.75 Å². The predicted octanol–water partition coefficient (Wildman–Crippen LogP) is 4.15. The predicted molar refractivity (Wildman–Crippen MR) is 122 cm³/mol. The quantitative estimate of drug-likeness (QED) is 0.567. The summed E-state index contributed by atoms with van der Waals surface area (Å²) in [6, 6.07) is 21.9. The first-order chi connectivity index (χ1) is 15.0. The fraction of sp³-hybridized carbons (Fsp3) is 0.308. The van der Waals surface area contributed by atoms with Gasteiger partial charge in [0, 0.05) is 38.3 Å². The molecule has 1 fully saturated rings. The first-order valence-corrected chi connectivity index (χ1v) is 10.8. The Balaban J connectivity index is 1.33. The van der Waals surface area contributed by atoms with E-state index in [-0.39, 0.29) is 11.7 Å². The van der Waals surface area contributed by atoms with Crippen LogP contribution in [0.3, 0.4) is 0 Å². The van der Waals surface area contributed by atoms with Gasteiger partial charge in [-0.3, -0.25) is 14.5 Å². The van der Waals surface area contributed by atoms with Crippen molar-refractivity contribution < 1.29 is 14.3 Å². The summed E-state index contributed by atoms with van der Waals surface area (Å²) < 4.78 is 5.83. The van der Waals surface area contributed by atoms with Crippen molar-refractivity contribution >= 4 is 22.5 Å². The van der Waals surface area contributed by atoms with E-state index < -0.39 is 6.10 Å². The number of ketones is 1. The number of benzene rings is 3. The van der Waals surface area contributed by atoms with E-state index in [2.05, 4.69) is 47.4 Å². The number of carbonyl (C=O) groups is 2. The minimum Gasteiger partial charge on any atom is -0.481 e. The lowest BCUT2D eigenvalue weighted by Gasteiger charge is -2.36. The zero-order valence-electron chi connectivity index (χ0n) is 18.1. The summed E-state index contributed by atoms with van der Waals surface area (Å²) in [5, 5.41) is 2.55. The molecular weight excluding hydrogens is 388 g/mol. The van der Waals surface area contributed by atoms with E-state index in [0.717, 1.165) is 19.6 Å². The van der Waals surface area contributed by atoms with Gasteiger partial charge in [-0.15, -0.1) is 0 Å². The second-order valence-electron chi connectivity index (χ2n) is 8.08. The second kappa shape index (κ2) is 9.31. The topological polar surface area (TPSA) is 49.9 Å². The van der Waals surface area contributed by atoms with E-state index in [9.17, 15) is 9.59 Å². The first-order valence-electron chi connectivity index (χ1n) is 10.8. The fourth-order valence-electron chi connectivity index (χ4n) is 4.10. The molecule has 0 bridgehead atoms. The van der Waals surface area contributed by atoms with E-state index in [1.807, 2.05) is 4.90 Å². The normalized spacial score (nSPS) is 15.6. The van der Waals surface area contributed by atoms with Gasteiger partial charge in [0.15, 0.2) is 11.9 Å². The van der Waals surface area contributed by atoms with Crippen LogP contribution >= 0.6 is 0 Å². The van der Waals surface area contributed by atoms with E-state index in [1.165, 1.54) is 23.3 Å². The molecule has 1 saturated heterocycles. The highest BCUT2D eigenvalue weighted by Gasteiger charge is 2.26. The van der Waals surface area contributed by atoms with Gasteiger partial charge in [0.2, 0.25) is 0 Å². The van der Waals surface area contributed by atoms with Gasteiger partial charge in [-0.05, 0) is 42.3 Å². The van der Waals surface area contributed by atoms with Crippen molar-refractivity contribution in [3.63, 3.8) is 0 Å². The molecule has 0 N–H and O–H groups in total. The smallest absolute Gasteiger partial charge is 0.263 e. The lowest BCUT2D eigenvalue weighted by atomic mass is 10.0. The summed E-state index contributed by atoms with van der Waals surface area (Å²) in [5.41, 5.74) is 1.90. The number of Topliss-reactive ketones (excluding diaryl/α,β-unsaturated/α-hetero) is 1. The van der Waals surface area contributed by atoms with Crippen LogP contribution < -0.4 is 4.74 Å². The largest absolute Gasteiger partial charge is 0.481 e. The number of rotatable bonds is 6.